The number of alkyl halides is 2. The van der Waals surface area contributed by atoms with Crippen LogP contribution in [0.15, 0.2) is 85.1 Å². The monoisotopic (exact) mass is 370 g/mol. The van der Waals surface area contributed by atoms with Crippen LogP contribution >= 0.6 is 0 Å². The summed E-state index contributed by atoms with van der Waals surface area (Å²) in [5.74, 6) is 0. The third kappa shape index (κ3) is 1.80. The van der Waals surface area contributed by atoms with Gasteiger partial charge in [0.25, 0.3) is 0 Å². The fourth-order valence-corrected chi connectivity index (χ4v) is 4.33. The van der Waals surface area contributed by atoms with E-state index in [1.54, 1.807) is 48.7 Å². The molecule has 5 aromatic rings. The van der Waals surface area contributed by atoms with Gasteiger partial charge in [0.1, 0.15) is 5.69 Å². The number of aromatic nitrogens is 3. The van der Waals surface area contributed by atoms with Crippen LogP contribution in [0.2, 0.25) is 0 Å². The largest absolute Gasteiger partial charge is 0.566 e. The van der Waals surface area contributed by atoms with Crippen LogP contribution in [0.5, 0.6) is 0 Å². The van der Waals surface area contributed by atoms with Crippen molar-refractivity contribution in [2.75, 3.05) is 0 Å². The second kappa shape index (κ2) is 5.23. The SMILES string of the molecule is FC1(F)n2c3ccccc3c3cccc(c32)-c2cccc(-c3ccccn3)[n+]21. The van der Waals surface area contributed by atoms with E-state index in [1.165, 1.54) is 0 Å². The minimum absolute atomic E-state index is 0.378. The van der Waals surface area contributed by atoms with E-state index < -0.39 is 6.17 Å². The molecule has 0 saturated carbocycles. The van der Waals surface area contributed by atoms with E-state index in [-0.39, 0.29) is 0 Å². The highest BCUT2D eigenvalue weighted by Gasteiger charge is 2.53. The first-order chi connectivity index (χ1) is 13.7. The van der Waals surface area contributed by atoms with Crippen molar-refractivity contribution >= 4 is 21.8 Å². The van der Waals surface area contributed by atoms with Gasteiger partial charge in [0.15, 0.2) is 0 Å². The number of fused-ring (bicyclic) bond motifs is 5. The molecule has 0 unspecified atom stereocenters. The van der Waals surface area contributed by atoms with Gasteiger partial charge >= 0.3 is 6.17 Å². The third-order valence-electron chi connectivity index (χ3n) is 5.43. The molecule has 6 rings (SSSR count). The van der Waals surface area contributed by atoms with Gasteiger partial charge in [0.2, 0.25) is 11.4 Å². The van der Waals surface area contributed by atoms with Crippen LogP contribution in [0, 0.1) is 0 Å². The van der Waals surface area contributed by atoms with E-state index in [0.717, 1.165) is 25.5 Å². The van der Waals surface area contributed by atoms with Gasteiger partial charge in [-0.3, -0.25) is 0 Å². The van der Waals surface area contributed by atoms with Crippen LogP contribution in [0.1, 0.15) is 0 Å². The Morgan fingerprint density at radius 1 is 0.750 bits per heavy atom. The standard InChI is InChI=1S/C23H14F2N3/c24-23(25)27-20(12-6-13-21(27)18-10-3-4-14-26-18)17-9-5-8-16-15-7-1-2-11-19(15)28(23)22(16)17/h1-14H/q+1. The molecule has 0 atom stereocenters. The number of pyridine rings is 2. The molecule has 0 aliphatic carbocycles. The Morgan fingerprint density at radius 3 is 2.36 bits per heavy atom. The van der Waals surface area contributed by atoms with Crippen LogP contribution in [0.25, 0.3) is 44.5 Å². The summed E-state index contributed by atoms with van der Waals surface area (Å²) >= 11 is 0. The number of para-hydroxylation sites is 2. The Kier molecular flexibility index (Phi) is 2.88. The average Bonchev–Trinajstić information content (AvgIpc) is 3.09. The molecule has 1 aliphatic heterocycles. The summed E-state index contributed by atoms with van der Waals surface area (Å²) in [5, 5.41) is 1.66. The second-order valence-corrected chi connectivity index (χ2v) is 6.91. The van der Waals surface area contributed by atoms with Gasteiger partial charge in [-0.1, -0.05) is 36.4 Å². The van der Waals surface area contributed by atoms with E-state index in [4.69, 9.17) is 0 Å². The molecule has 0 spiro atoms. The van der Waals surface area contributed by atoms with Gasteiger partial charge in [0, 0.05) is 29.1 Å². The maximum absolute atomic E-state index is 16.1. The summed E-state index contributed by atoms with van der Waals surface area (Å²) in [6, 6.07) is 23.7. The summed E-state index contributed by atoms with van der Waals surface area (Å²) in [4.78, 5) is 4.31. The summed E-state index contributed by atoms with van der Waals surface area (Å²) in [5.41, 5.74) is 3.24. The highest BCUT2D eigenvalue weighted by Crippen LogP contribution is 2.43. The first-order valence-electron chi connectivity index (χ1n) is 9.06. The third-order valence-corrected chi connectivity index (χ3v) is 5.43. The average molecular weight is 370 g/mol. The van der Waals surface area contributed by atoms with Crippen molar-refractivity contribution in [1.82, 2.24) is 9.55 Å². The van der Waals surface area contributed by atoms with Crippen molar-refractivity contribution in [3.8, 4) is 22.6 Å². The maximum Gasteiger partial charge on any atom is 0.566 e. The number of benzene rings is 2. The zero-order valence-corrected chi connectivity index (χ0v) is 14.7. The van der Waals surface area contributed by atoms with E-state index in [1.807, 2.05) is 36.4 Å². The molecule has 0 fully saturated rings. The topological polar surface area (TPSA) is 21.7 Å². The summed E-state index contributed by atoms with van der Waals surface area (Å²) in [6.45, 7) is 0. The van der Waals surface area contributed by atoms with Gasteiger partial charge in [-0.05, 0) is 30.3 Å². The van der Waals surface area contributed by atoms with Crippen LogP contribution in [0.4, 0.5) is 8.78 Å². The fraction of sp³-hybridized carbons (Fsp3) is 0.0435. The van der Waals surface area contributed by atoms with Crippen LogP contribution in [-0.2, 0) is 6.17 Å². The highest BCUT2D eigenvalue weighted by molar-refractivity contribution is 6.12. The van der Waals surface area contributed by atoms with Gasteiger partial charge in [-0.25, -0.2) is 9.55 Å². The van der Waals surface area contributed by atoms with Crippen molar-refractivity contribution in [3.63, 3.8) is 0 Å². The van der Waals surface area contributed by atoms with Crippen molar-refractivity contribution in [2.45, 2.75) is 6.17 Å². The molecule has 3 aromatic heterocycles. The number of hydrogen-bond acceptors (Lipinski definition) is 1. The maximum atomic E-state index is 16.1. The summed E-state index contributed by atoms with van der Waals surface area (Å²) < 4.78 is 34.4. The number of rotatable bonds is 1. The lowest BCUT2D eigenvalue weighted by atomic mass is 10.0. The Balaban J connectivity index is 1.83. The molecule has 0 amide bonds. The predicted octanol–water partition coefficient (Wildman–Crippen LogP) is 5.18. The first-order valence-corrected chi connectivity index (χ1v) is 9.06. The van der Waals surface area contributed by atoms with E-state index >= 15 is 8.78 Å². The number of halogens is 2. The van der Waals surface area contributed by atoms with E-state index in [2.05, 4.69) is 4.98 Å². The highest BCUT2D eigenvalue weighted by atomic mass is 19.3. The van der Waals surface area contributed by atoms with Gasteiger partial charge in [0.05, 0.1) is 16.6 Å². The Labute approximate surface area is 159 Å². The molecule has 5 heteroatoms. The van der Waals surface area contributed by atoms with Gasteiger partial charge < -0.3 is 0 Å². The van der Waals surface area contributed by atoms with Gasteiger partial charge in [-0.2, -0.15) is 0 Å². The molecule has 2 aromatic carbocycles. The summed E-state index contributed by atoms with van der Waals surface area (Å²) in [7, 11) is 0. The van der Waals surface area contributed by atoms with Crippen molar-refractivity contribution in [2.24, 2.45) is 0 Å². The van der Waals surface area contributed by atoms with E-state index in [0.29, 0.717) is 28.1 Å². The molecule has 0 N–H and O–H groups in total. The van der Waals surface area contributed by atoms with Crippen molar-refractivity contribution in [3.05, 3.63) is 85.1 Å². The number of hydrogen-bond donors (Lipinski definition) is 0. The van der Waals surface area contributed by atoms with Crippen LogP contribution < -0.4 is 4.57 Å². The minimum Gasteiger partial charge on any atom is -0.250 e. The molecule has 0 bridgehead atoms. The Hall–Kier alpha value is -3.60. The normalized spacial score (nSPS) is 14.4. The molecule has 134 valence electrons. The zero-order valence-electron chi connectivity index (χ0n) is 14.7. The van der Waals surface area contributed by atoms with Crippen molar-refractivity contribution in [1.29, 1.82) is 0 Å². The summed E-state index contributed by atoms with van der Waals surface area (Å²) in [6.07, 6.45) is -1.66. The van der Waals surface area contributed by atoms with Gasteiger partial charge in [-0.15, -0.1) is 13.3 Å². The van der Waals surface area contributed by atoms with Crippen LogP contribution in [-0.4, -0.2) is 9.55 Å². The molecule has 0 saturated heterocycles. The Morgan fingerprint density at radius 2 is 1.50 bits per heavy atom. The fourth-order valence-electron chi connectivity index (χ4n) is 4.33. The molecular formula is C23H14F2N3+. The molecule has 4 heterocycles. The van der Waals surface area contributed by atoms with E-state index in [9.17, 15) is 0 Å². The molecule has 3 nitrogen and oxygen atoms in total. The molecular weight excluding hydrogens is 356 g/mol. The molecule has 0 radical (unpaired) electrons. The zero-order chi connectivity index (χ0) is 18.9. The molecule has 28 heavy (non-hydrogen) atoms. The smallest absolute Gasteiger partial charge is 0.250 e. The lowest BCUT2D eigenvalue weighted by molar-refractivity contribution is -0.813. The first kappa shape index (κ1) is 15.5. The van der Waals surface area contributed by atoms with Crippen LogP contribution in [0.3, 0.4) is 0 Å². The van der Waals surface area contributed by atoms with Crippen molar-refractivity contribution < 1.29 is 13.3 Å². The quantitative estimate of drug-likeness (QED) is 0.373. The Bertz CT molecular complexity index is 1390. The predicted molar refractivity (Wildman–Crippen MR) is 104 cm³/mol. The lowest BCUT2D eigenvalue weighted by Crippen LogP contribution is -2.59. The number of nitrogens with zero attached hydrogens (tertiary/aromatic N) is 3. The minimum atomic E-state index is -3.28. The second-order valence-electron chi connectivity index (χ2n) is 6.91. The molecule has 1 aliphatic rings. The lowest BCUT2D eigenvalue weighted by Gasteiger charge is -2.23.